The smallest absolute Gasteiger partial charge is 0.155 e. The average molecular weight is 296 g/mol. The Morgan fingerprint density at radius 3 is 2.41 bits per heavy atom. The summed E-state index contributed by atoms with van der Waals surface area (Å²) in [5, 5.41) is 8.28. The van der Waals surface area contributed by atoms with Gasteiger partial charge in [0.25, 0.3) is 0 Å². The van der Waals surface area contributed by atoms with Gasteiger partial charge in [0.15, 0.2) is 5.82 Å². The first kappa shape index (κ1) is 14.3. The molecule has 5 heteroatoms. The minimum atomic E-state index is -0.246. The molecule has 0 aliphatic heterocycles. The molecule has 0 spiro atoms. The van der Waals surface area contributed by atoms with E-state index in [-0.39, 0.29) is 5.82 Å². The average Bonchev–Trinajstić information content (AvgIpc) is 2.87. The summed E-state index contributed by atoms with van der Waals surface area (Å²) in [6.45, 7) is 5.80. The summed E-state index contributed by atoms with van der Waals surface area (Å²) >= 11 is 0. The molecule has 0 saturated heterocycles. The van der Waals surface area contributed by atoms with Crippen molar-refractivity contribution in [2.75, 3.05) is 5.73 Å². The second kappa shape index (κ2) is 5.26. The number of aryl methyl sites for hydroxylation is 3. The molecule has 0 fully saturated rings. The molecule has 0 atom stereocenters. The van der Waals surface area contributed by atoms with Gasteiger partial charge < -0.3 is 5.73 Å². The van der Waals surface area contributed by atoms with Crippen LogP contribution in [0.3, 0.4) is 0 Å². The maximum absolute atomic E-state index is 13.4. The normalized spacial score (nSPS) is 10.9. The summed E-state index contributed by atoms with van der Waals surface area (Å²) in [6.07, 6.45) is 0. The van der Waals surface area contributed by atoms with Crippen molar-refractivity contribution >= 4 is 5.82 Å². The van der Waals surface area contributed by atoms with E-state index in [4.69, 9.17) is 5.73 Å². The SMILES string of the molecule is Cc1ccc(-n2nnc(-c3ccc(F)c(C)c3)c2N)cc1C. The lowest BCUT2D eigenvalue weighted by Crippen LogP contribution is -2.03. The van der Waals surface area contributed by atoms with Crippen LogP contribution in [0.5, 0.6) is 0 Å². The number of nitrogen functional groups attached to an aromatic ring is 1. The van der Waals surface area contributed by atoms with Crippen molar-refractivity contribution in [2.24, 2.45) is 0 Å². The number of rotatable bonds is 2. The summed E-state index contributed by atoms with van der Waals surface area (Å²) in [6, 6.07) is 10.8. The Labute approximate surface area is 128 Å². The fraction of sp³-hybridized carbons (Fsp3) is 0.176. The fourth-order valence-electron chi connectivity index (χ4n) is 2.33. The van der Waals surface area contributed by atoms with Gasteiger partial charge in [0, 0.05) is 5.56 Å². The van der Waals surface area contributed by atoms with E-state index in [9.17, 15) is 4.39 Å². The molecule has 2 aromatic carbocycles. The molecule has 0 radical (unpaired) electrons. The van der Waals surface area contributed by atoms with E-state index >= 15 is 0 Å². The zero-order chi connectivity index (χ0) is 15.9. The first-order valence-corrected chi connectivity index (χ1v) is 7.02. The van der Waals surface area contributed by atoms with Crippen LogP contribution in [0.4, 0.5) is 10.2 Å². The van der Waals surface area contributed by atoms with Crippen molar-refractivity contribution in [3.63, 3.8) is 0 Å². The van der Waals surface area contributed by atoms with E-state index in [1.54, 1.807) is 23.7 Å². The standard InChI is InChI=1S/C17H17FN4/c1-10-4-6-14(9-11(10)2)22-17(19)16(20-21-22)13-5-7-15(18)12(3)8-13/h4-9H,19H2,1-3H3. The molecule has 22 heavy (non-hydrogen) atoms. The summed E-state index contributed by atoms with van der Waals surface area (Å²) in [4.78, 5) is 0. The number of anilines is 1. The molecule has 0 aliphatic carbocycles. The number of halogens is 1. The number of aromatic nitrogens is 3. The highest BCUT2D eigenvalue weighted by atomic mass is 19.1. The minimum absolute atomic E-state index is 0.246. The lowest BCUT2D eigenvalue weighted by Gasteiger charge is -2.07. The van der Waals surface area contributed by atoms with Gasteiger partial charge in [-0.25, -0.2) is 4.39 Å². The molecular weight excluding hydrogens is 279 g/mol. The van der Waals surface area contributed by atoms with E-state index in [1.165, 1.54) is 11.6 Å². The zero-order valence-electron chi connectivity index (χ0n) is 12.8. The van der Waals surface area contributed by atoms with Gasteiger partial charge in [0.1, 0.15) is 11.5 Å². The molecule has 2 N–H and O–H groups in total. The quantitative estimate of drug-likeness (QED) is 0.786. The van der Waals surface area contributed by atoms with Crippen molar-refractivity contribution in [1.82, 2.24) is 15.0 Å². The molecule has 0 bridgehead atoms. The Hall–Kier alpha value is -2.69. The third-order valence-corrected chi connectivity index (χ3v) is 3.87. The molecular formula is C17H17FN4. The second-order valence-corrected chi connectivity index (χ2v) is 5.47. The number of hydrogen-bond acceptors (Lipinski definition) is 3. The Kier molecular flexibility index (Phi) is 3.41. The van der Waals surface area contributed by atoms with Gasteiger partial charge in [0.2, 0.25) is 0 Å². The van der Waals surface area contributed by atoms with Crippen LogP contribution in [0.25, 0.3) is 16.9 Å². The molecule has 0 aliphatic rings. The number of nitrogens with zero attached hydrogens (tertiary/aromatic N) is 3. The Bertz CT molecular complexity index is 783. The van der Waals surface area contributed by atoms with Crippen molar-refractivity contribution in [1.29, 1.82) is 0 Å². The van der Waals surface area contributed by atoms with Crippen LogP contribution in [0, 0.1) is 26.6 Å². The van der Waals surface area contributed by atoms with Crippen molar-refractivity contribution in [3.05, 3.63) is 58.9 Å². The van der Waals surface area contributed by atoms with Gasteiger partial charge in [-0.05, 0) is 67.8 Å². The predicted molar refractivity (Wildman–Crippen MR) is 85.4 cm³/mol. The van der Waals surface area contributed by atoms with Crippen molar-refractivity contribution in [3.8, 4) is 16.9 Å². The number of hydrogen-bond donors (Lipinski definition) is 1. The van der Waals surface area contributed by atoms with Gasteiger partial charge in [-0.3, -0.25) is 0 Å². The van der Waals surface area contributed by atoms with Gasteiger partial charge >= 0.3 is 0 Å². The Morgan fingerprint density at radius 2 is 1.73 bits per heavy atom. The molecule has 0 amide bonds. The summed E-state index contributed by atoms with van der Waals surface area (Å²) in [5.41, 5.74) is 11.3. The van der Waals surface area contributed by atoms with Gasteiger partial charge in [-0.2, -0.15) is 4.68 Å². The lowest BCUT2D eigenvalue weighted by atomic mass is 10.1. The largest absolute Gasteiger partial charge is 0.382 e. The van der Waals surface area contributed by atoms with Gasteiger partial charge in [-0.1, -0.05) is 11.3 Å². The molecule has 0 unspecified atom stereocenters. The van der Waals surface area contributed by atoms with Crippen LogP contribution >= 0.6 is 0 Å². The van der Waals surface area contributed by atoms with E-state index in [0.29, 0.717) is 17.1 Å². The van der Waals surface area contributed by atoms with Crippen LogP contribution in [0.2, 0.25) is 0 Å². The molecule has 1 aromatic heterocycles. The summed E-state index contributed by atoms with van der Waals surface area (Å²) in [7, 11) is 0. The van der Waals surface area contributed by atoms with E-state index in [0.717, 1.165) is 16.8 Å². The molecule has 4 nitrogen and oxygen atoms in total. The summed E-state index contributed by atoms with van der Waals surface area (Å²) in [5.74, 6) is 0.193. The van der Waals surface area contributed by atoms with Crippen LogP contribution in [-0.4, -0.2) is 15.0 Å². The van der Waals surface area contributed by atoms with Gasteiger partial charge in [-0.15, -0.1) is 5.10 Å². The summed E-state index contributed by atoms with van der Waals surface area (Å²) < 4.78 is 15.0. The van der Waals surface area contributed by atoms with E-state index in [1.807, 2.05) is 25.1 Å². The number of nitrogens with two attached hydrogens (primary N) is 1. The maximum atomic E-state index is 13.4. The first-order valence-electron chi connectivity index (χ1n) is 7.02. The zero-order valence-corrected chi connectivity index (χ0v) is 12.8. The van der Waals surface area contributed by atoms with Crippen molar-refractivity contribution < 1.29 is 4.39 Å². The van der Waals surface area contributed by atoms with Crippen molar-refractivity contribution in [2.45, 2.75) is 20.8 Å². The Morgan fingerprint density at radius 1 is 0.955 bits per heavy atom. The second-order valence-electron chi connectivity index (χ2n) is 5.47. The molecule has 1 heterocycles. The van der Waals surface area contributed by atoms with Crippen LogP contribution in [0.1, 0.15) is 16.7 Å². The van der Waals surface area contributed by atoms with E-state index < -0.39 is 0 Å². The maximum Gasteiger partial charge on any atom is 0.155 e. The molecule has 112 valence electrons. The minimum Gasteiger partial charge on any atom is -0.382 e. The topological polar surface area (TPSA) is 56.7 Å². The highest BCUT2D eigenvalue weighted by molar-refractivity contribution is 5.71. The monoisotopic (exact) mass is 296 g/mol. The first-order chi connectivity index (χ1) is 10.5. The third kappa shape index (κ3) is 2.35. The fourth-order valence-corrected chi connectivity index (χ4v) is 2.33. The van der Waals surface area contributed by atoms with Gasteiger partial charge in [0.05, 0.1) is 5.69 Å². The number of benzene rings is 2. The third-order valence-electron chi connectivity index (χ3n) is 3.87. The van der Waals surface area contributed by atoms with Crippen LogP contribution in [-0.2, 0) is 0 Å². The van der Waals surface area contributed by atoms with E-state index in [2.05, 4.69) is 17.2 Å². The van der Waals surface area contributed by atoms with Crippen LogP contribution < -0.4 is 5.73 Å². The van der Waals surface area contributed by atoms with Crippen LogP contribution in [0.15, 0.2) is 36.4 Å². The molecule has 0 saturated carbocycles. The lowest BCUT2D eigenvalue weighted by molar-refractivity contribution is 0.619. The highest BCUT2D eigenvalue weighted by Gasteiger charge is 2.14. The molecule has 3 aromatic rings. The molecule has 3 rings (SSSR count). The predicted octanol–water partition coefficient (Wildman–Crippen LogP) is 3.58. The highest BCUT2D eigenvalue weighted by Crippen LogP contribution is 2.27. The Balaban J connectivity index is 2.08.